The van der Waals surface area contributed by atoms with Gasteiger partial charge in [-0.1, -0.05) is 13.8 Å². The second-order valence-electron chi connectivity index (χ2n) is 5.24. The minimum absolute atomic E-state index is 0.302. The van der Waals surface area contributed by atoms with Gasteiger partial charge in [-0.25, -0.2) is 0 Å². The molecule has 1 fully saturated rings. The first-order valence-corrected chi connectivity index (χ1v) is 7.17. The second-order valence-corrected chi connectivity index (χ2v) is 5.64. The Labute approximate surface area is 116 Å². The van der Waals surface area contributed by atoms with E-state index in [1.807, 2.05) is 6.92 Å². The van der Waals surface area contributed by atoms with Gasteiger partial charge in [0.25, 0.3) is 0 Å². The second kappa shape index (κ2) is 8.43. The number of hydrogen-bond donors (Lipinski definition) is 2. The summed E-state index contributed by atoms with van der Waals surface area (Å²) in [6, 6.07) is 0. The molecule has 5 heteroatoms. The molecule has 0 aromatic rings. The minimum Gasteiger partial charge on any atom is -0.376 e. The van der Waals surface area contributed by atoms with E-state index in [0.29, 0.717) is 17.1 Å². The number of nitrogens with one attached hydrogen (secondary N) is 2. The number of thiocarbonyl (C=S) groups is 1. The lowest BCUT2D eigenvalue weighted by molar-refractivity contribution is 0.114. The molecule has 0 amide bonds. The molecule has 1 rings (SSSR count). The largest absolute Gasteiger partial charge is 0.376 e. The van der Waals surface area contributed by atoms with Gasteiger partial charge in [-0.15, -0.1) is 0 Å². The molecule has 104 valence electrons. The predicted molar refractivity (Wildman–Crippen MR) is 79.9 cm³/mol. The van der Waals surface area contributed by atoms with E-state index in [2.05, 4.69) is 29.7 Å². The number of rotatable bonds is 6. The summed E-state index contributed by atoms with van der Waals surface area (Å²) in [5.74, 6) is 0.708. The zero-order chi connectivity index (χ0) is 13.4. The summed E-state index contributed by atoms with van der Waals surface area (Å²) in [4.78, 5) is 0. The maximum absolute atomic E-state index is 5.51. The van der Waals surface area contributed by atoms with Crippen molar-refractivity contribution in [2.75, 3.05) is 13.2 Å². The monoisotopic (exact) mass is 271 g/mol. The molecule has 18 heavy (non-hydrogen) atoms. The first kappa shape index (κ1) is 15.4. The van der Waals surface area contributed by atoms with Gasteiger partial charge >= 0.3 is 0 Å². The van der Waals surface area contributed by atoms with Gasteiger partial charge in [0, 0.05) is 18.9 Å². The van der Waals surface area contributed by atoms with Gasteiger partial charge in [-0.05, 0) is 50.7 Å². The Morgan fingerprint density at radius 2 is 2.28 bits per heavy atom. The van der Waals surface area contributed by atoms with E-state index < -0.39 is 0 Å². The van der Waals surface area contributed by atoms with Crippen LogP contribution in [0.1, 0.15) is 46.5 Å². The molecule has 1 atom stereocenters. The molecule has 1 heterocycles. The van der Waals surface area contributed by atoms with Gasteiger partial charge in [-0.3, -0.25) is 5.43 Å². The summed E-state index contributed by atoms with van der Waals surface area (Å²) < 4.78 is 5.51. The fraction of sp³-hybridized carbons (Fsp3) is 0.846. The number of hydrazone groups is 1. The molecule has 1 aliphatic heterocycles. The third-order valence-electron chi connectivity index (χ3n) is 2.95. The lowest BCUT2D eigenvalue weighted by Crippen LogP contribution is -2.37. The van der Waals surface area contributed by atoms with Crippen molar-refractivity contribution in [3.8, 4) is 0 Å². The third-order valence-corrected chi connectivity index (χ3v) is 3.18. The zero-order valence-corrected chi connectivity index (χ0v) is 12.5. The Balaban J connectivity index is 2.12. The SMILES string of the molecule is C/C(CCC(C)C)=N\NC(=S)NCC1CCCO1. The van der Waals surface area contributed by atoms with Crippen molar-refractivity contribution in [2.24, 2.45) is 11.0 Å². The molecule has 2 N–H and O–H groups in total. The molecule has 0 radical (unpaired) electrons. The minimum atomic E-state index is 0.302. The maximum Gasteiger partial charge on any atom is 0.187 e. The molecule has 0 bridgehead atoms. The average molecular weight is 271 g/mol. The summed E-state index contributed by atoms with van der Waals surface area (Å²) in [6.45, 7) is 8.10. The standard InChI is InChI=1S/C13H25N3OS/c1-10(2)6-7-11(3)15-16-13(18)14-9-12-5-4-8-17-12/h10,12H,4-9H2,1-3H3,(H2,14,16,18)/b15-11+. The summed E-state index contributed by atoms with van der Waals surface area (Å²) in [5.41, 5.74) is 3.97. The van der Waals surface area contributed by atoms with Crippen molar-refractivity contribution in [2.45, 2.75) is 52.6 Å². The van der Waals surface area contributed by atoms with Crippen LogP contribution in [0.15, 0.2) is 5.10 Å². The molecule has 0 aliphatic carbocycles. The highest BCUT2D eigenvalue weighted by Crippen LogP contribution is 2.10. The van der Waals surface area contributed by atoms with Gasteiger partial charge < -0.3 is 10.1 Å². The molecule has 1 aliphatic rings. The van der Waals surface area contributed by atoms with E-state index >= 15 is 0 Å². The van der Waals surface area contributed by atoms with E-state index in [1.54, 1.807) is 0 Å². The molecule has 0 spiro atoms. The van der Waals surface area contributed by atoms with Gasteiger partial charge in [0.05, 0.1) is 6.10 Å². The Bertz CT molecular complexity index is 286. The van der Waals surface area contributed by atoms with Crippen molar-refractivity contribution in [1.82, 2.24) is 10.7 Å². The van der Waals surface area contributed by atoms with Crippen LogP contribution in [0.5, 0.6) is 0 Å². The number of ether oxygens (including phenoxy) is 1. The van der Waals surface area contributed by atoms with Crippen LogP contribution in [0.25, 0.3) is 0 Å². The Morgan fingerprint density at radius 3 is 2.89 bits per heavy atom. The normalized spacial score (nSPS) is 20.2. The van der Waals surface area contributed by atoms with Crippen LogP contribution >= 0.6 is 12.2 Å². The van der Waals surface area contributed by atoms with E-state index in [0.717, 1.165) is 44.5 Å². The molecule has 1 saturated heterocycles. The molecule has 0 aromatic heterocycles. The Morgan fingerprint density at radius 1 is 1.50 bits per heavy atom. The third kappa shape index (κ3) is 6.91. The first-order chi connectivity index (χ1) is 8.58. The summed E-state index contributed by atoms with van der Waals surface area (Å²) in [5, 5.41) is 7.97. The predicted octanol–water partition coefficient (Wildman–Crippen LogP) is 2.44. The van der Waals surface area contributed by atoms with E-state index in [4.69, 9.17) is 17.0 Å². The van der Waals surface area contributed by atoms with E-state index in [-0.39, 0.29) is 0 Å². The molecule has 0 aromatic carbocycles. The van der Waals surface area contributed by atoms with Gasteiger partial charge in [-0.2, -0.15) is 5.10 Å². The topological polar surface area (TPSA) is 45.7 Å². The van der Waals surface area contributed by atoms with Crippen LogP contribution in [-0.4, -0.2) is 30.1 Å². The molecular weight excluding hydrogens is 246 g/mol. The Kier molecular flexibility index (Phi) is 7.20. The highest BCUT2D eigenvalue weighted by molar-refractivity contribution is 7.80. The van der Waals surface area contributed by atoms with Crippen molar-refractivity contribution in [3.63, 3.8) is 0 Å². The fourth-order valence-corrected chi connectivity index (χ4v) is 1.88. The molecule has 0 saturated carbocycles. The average Bonchev–Trinajstić information content (AvgIpc) is 2.84. The lowest BCUT2D eigenvalue weighted by Gasteiger charge is -2.12. The summed E-state index contributed by atoms with van der Waals surface area (Å²) in [7, 11) is 0. The van der Waals surface area contributed by atoms with E-state index in [9.17, 15) is 0 Å². The van der Waals surface area contributed by atoms with Gasteiger partial charge in [0.1, 0.15) is 0 Å². The summed E-state index contributed by atoms with van der Waals surface area (Å²) >= 11 is 5.16. The highest BCUT2D eigenvalue weighted by Gasteiger charge is 2.14. The molecule has 1 unspecified atom stereocenters. The van der Waals surface area contributed by atoms with Crippen molar-refractivity contribution in [3.05, 3.63) is 0 Å². The molecular formula is C13H25N3OS. The number of nitrogens with zero attached hydrogens (tertiary/aromatic N) is 1. The van der Waals surface area contributed by atoms with Gasteiger partial charge in [0.15, 0.2) is 5.11 Å². The van der Waals surface area contributed by atoms with Gasteiger partial charge in [0.2, 0.25) is 0 Å². The quantitative estimate of drug-likeness (QED) is 0.442. The van der Waals surface area contributed by atoms with Crippen LogP contribution in [0.2, 0.25) is 0 Å². The Hall–Kier alpha value is -0.680. The van der Waals surface area contributed by atoms with Crippen LogP contribution in [0.3, 0.4) is 0 Å². The van der Waals surface area contributed by atoms with E-state index in [1.165, 1.54) is 0 Å². The van der Waals surface area contributed by atoms with Crippen LogP contribution in [0, 0.1) is 5.92 Å². The number of hydrogen-bond acceptors (Lipinski definition) is 3. The van der Waals surface area contributed by atoms with Crippen LogP contribution in [-0.2, 0) is 4.74 Å². The maximum atomic E-state index is 5.51. The van der Waals surface area contributed by atoms with Crippen molar-refractivity contribution >= 4 is 23.0 Å². The smallest absolute Gasteiger partial charge is 0.187 e. The van der Waals surface area contributed by atoms with Crippen LogP contribution in [0.4, 0.5) is 0 Å². The highest BCUT2D eigenvalue weighted by atomic mass is 32.1. The molecule has 4 nitrogen and oxygen atoms in total. The summed E-state index contributed by atoms with van der Waals surface area (Å²) in [6.07, 6.45) is 4.74. The van der Waals surface area contributed by atoms with Crippen LogP contribution < -0.4 is 10.7 Å². The first-order valence-electron chi connectivity index (χ1n) is 6.76. The zero-order valence-electron chi connectivity index (χ0n) is 11.7. The lowest BCUT2D eigenvalue weighted by atomic mass is 10.1. The van der Waals surface area contributed by atoms with Crippen molar-refractivity contribution in [1.29, 1.82) is 0 Å². The fourth-order valence-electron chi connectivity index (χ4n) is 1.75. The van der Waals surface area contributed by atoms with Crippen molar-refractivity contribution < 1.29 is 4.74 Å².